The predicted octanol–water partition coefficient (Wildman–Crippen LogP) is 0.0460. The molecule has 162 valence electrons. The van der Waals surface area contributed by atoms with Gasteiger partial charge in [-0.3, -0.25) is 24.7 Å². The van der Waals surface area contributed by atoms with Crippen LogP contribution in [0, 0.1) is 0 Å². The summed E-state index contributed by atoms with van der Waals surface area (Å²) in [6.07, 6.45) is 1.47. The maximum Gasteiger partial charge on any atom is 0.344 e. The molecule has 10 nitrogen and oxygen atoms in total. The SMILES string of the molecule is COc1cccc(C2(C)NC(=O)N(NC(=O)CN3CCCC3C(=O)N(C)C)C2=O)c1. The van der Waals surface area contributed by atoms with Crippen LogP contribution in [0.2, 0.25) is 0 Å². The highest BCUT2D eigenvalue weighted by molar-refractivity contribution is 6.08. The number of hydrogen-bond acceptors (Lipinski definition) is 6. The van der Waals surface area contributed by atoms with Crippen LogP contribution < -0.4 is 15.5 Å². The minimum atomic E-state index is -1.34. The molecular weight excluding hydrogens is 390 g/mol. The summed E-state index contributed by atoms with van der Waals surface area (Å²) in [6.45, 7) is 2.08. The van der Waals surface area contributed by atoms with Crippen LogP contribution in [0.4, 0.5) is 4.79 Å². The van der Waals surface area contributed by atoms with Crippen molar-refractivity contribution >= 4 is 23.8 Å². The zero-order chi connectivity index (χ0) is 22.1. The van der Waals surface area contributed by atoms with Crippen molar-refractivity contribution in [1.29, 1.82) is 0 Å². The van der Waals surface area contributed by atoms with Gasteiger partial charge in [0.05, 0.1) is 19.7 Å². The highest BCUT2D eigenvalue weighted by atomic mass is 16.5. The predicted molar refractivity (Wildman–Crippen MR) is 107 cm³/mol. The Morgan fingerprint density at radius 2 is 2.07 bits per heavy atom. The van der Waals surface area contributed by atoms with Crippen molar-refractivity contribution in [1.82, 2.24) is 25.6 Å². The van der Waals surface area contributed by atoms with Crippen LogP contribution in [0.3, 0.4) is 0 Å². The van der Waals surface area contributed by atoms with Gasteiger partial charge in [0.2, 0.25) is 5.91 Å². The zero-order valence-corrected chi connectivity index (χ0v) is 17.6. The molecule has 2 aliphatic heterocycles. The molecule has 3 rings (SSSR count). The van der Waals surface area contributed by atoms with E-state index in [-0.39, 0.29) is 18.5 Å². The van der Waals surface area contributed by atoms with Gasteiger partial charge in [-0.1, -0.05) is 12.1 Å². The molecule has 2 saturated heterocycles. The van der Waals surface area contributed by atoms with Gasteiger partial charge >= 0.3 is 6.03 Å². The monoisotopic (exact) mass is 417 g/mol. The summed E-state index contributed by atoms with van der Waals surface area (Å²) < 4.78 is 5.19. The number of rotatable bonds is 6. The topological polar surface area (TPSA) is 111 Å². The lowest BCUT2D eigenvalue weighted by Crippen LogP contribution is -2.52. The fraction of sp³-hybridized carbons (Fsp3) is 0.500. The Kier molecular flexibility index (Phi) is 5.97. The quantitative estimate of drug-likeness (QED) is 0.633. The van der Waals surface area contributed by atoms with E-state index in [1.54, 1.807) is 50.2 Å². The Bertz CT molecular complexity index is 873. The minimum absolute atomic E-state index is 0.0686. The largest absolute Gasteiger partial charge is 0.497 e. The number of likely N-dealkylation sites (N-methyl/N-ethyl adjacent to an activating group) is 1. The molecule has 0 saturated carbocycles. The number of hydrogen-bond donors (Lipinski definition) is 2. The van der Waals surface area contributed by atoms with E-state index < -0.39 is 23.4 Å². The van der Waals surface area contributed by atoms with Crippen molar-refractivity contribution in [3.63, 3.8) is 0 Å². The van der Waals surface area contributed by atoms with Gasteiger partial charge in [-0.25, -0.2) is 4.79 Å². The van der Waals surface area contributed by atoms with E-state index in [1.807, 2.05) is 0 Å². The number of likely N-dealkylation sites (tertiary alicyclic amines) is 1. The molecule has 0 aromatic heterocycles. The summed E-state index contributed by atoms with van der Waals surface area (Å²) in [4.78, 5) is 53.5. The average Bonchev–Trinajstić information content (AvgIpc) is 3.26. The maximum absolute atomic E-state index is 13.0. The molecule has 2 heterocycles. The molecule has 1 aromatic rings. The summed E-state index contributed by atoms with van der Waals surface area (Å²) in [7, 11) is 4.85. The van der Waals surface area contributed by atoms with E-state index in [2.05, 4.69) is 10.7 Å². The second-order valence-electron chi connectivity index (χ2n) is 7.82. The van der Waals surface area contributed by atoms with Crippen LogP contribution in [0.1, 0.15) is 25.3 Å². The molecule has 0 radical (unpaired) electrons. The molecule has 30 heavy (non-hydrogen) atoms. The molecule has 5 amide bonds. The summed E-state index contributed by atoms with van der Waals surface area (Å²) in [6, 6.07) is 5.71. The lowest BCUT2D eigenvalue weighted by Gasteiger charge is -2.26. The van der Waals surface area contributed by atoms with Gasteiger partial charge in [0.25, 0.3) is 11.8 Å². The van der Waals surface area contributed by atoms with Crippen LogP contribution in [0.5, 0.6) is 5.75 Å². The lowest BCUT2D eigenvalue weighted by atomic mass is 9.92. The summed E-state index contributed by atoms with van der Waals surface area (Å²) in [5, 5.41) is 3.33. The summed E-state index contributed by atoms with van der Waals surface area (Å²) in [5.41, 5.74) is 1.58. The van der Waals surface area contributed by atoms with Gasteiger partial charge in [0.15, 0.2) is 0 Å². The van der Waals surface area contributed by atoms with Gasteiger partial charge in [-0.15, -0.1) is 0 Å². The molecule has 2 aliphatic rings. The standard InChI is InChI=1S/C20H27N5O5/c1-20(13-7-5-8-14(11-13)30-4)18(28)25(19(29)21-20)22-16(26)12-24-10-6-9-15(24)17(27)23(2)3/h5,7-8,11,15H,6,9-10,12H2,1-4H3,(H,21,29)(H,22,26). The highest BCUT2D eigenvalue weighted by Gasteiger charge is 2.50. The van der Waals surface area contributed by atoms with Crippen molar-refractivity contribution in [2.45, 2.75) is 31.3 Å². The highest BCUT2D eigenvalue weighted by Crippen LogP contribution is 2.30. The Hall–Kier alpha value is -3.14. The maximum atomic E-state index is 13.0. The number of urea groups is 1. The Labute approximate surface area is 175 Å². The molecular formula is C20H27N5O5. The Morgan fingerprint density at radius 3 is 2.73 bits per heavy atom. The molecule has 2 unspecified atom stereocenters. The van der Waals surface area contributed by atoms with Crippen LogP contribution in [0.25, 0.3) is 0 Å². The average molecular weight is 417 g/mol. The molecule has 0 bridgehead atoms. The number of amides is 5. The minimum Gasteiger partial charge on any atom is -0.497 e. The summed E-state index contributed by atoms with van der Waals surface area (Å²) >= 11 is 0. The van der Waals surface area contributed by atoms with Gasteiger partial charge in [0.1, 0.15) is 11.3 Å². The van der Waals surface area contributed by atoms with Crippen LogP contribution in [-0.2, 0) is 19.9 Å². The summed E-state index contributed by atoms with van der Waals surface area (Å²) in [5.74, 6) is -0.659. The normalized spacial score (nSPS) is 24.0. The van der Waals surface area contributed by atoms with Crippen LogP contribution in [0.15, 0.2) is 24.3 Å². The lowest BCUT2D eigenvalue weighted by molar-refractivity contribution is -0.140. The van der Waals surface area contributed by atoms with Gasteiger partial charge in [-0.2, -0.15) is 5.01 Å². The number of methoxy groups -OCH3 is 1. The fourth-order valence-electron chi connectivity index (χ4n) is 3.81. The van der Waals surface area contributed by atoms with Crippen LogP contribution in [-0.4, -0.2) is 78.9 Å². The number of hydrazine groups is 1. The van der Waals surface area contributed by atoms with E-state index in [9.17, 15) is 19.2 Å². The first-order valence-corrected chi connectivity index (χ1v) is 9.73. The molecule has 0 aliphatic carbocycles. The van der Waals surface area contributed by atoms with Crippen molar-refractivity contribution < 1.29 is 23.9 Å². The van der Waals surface area contributed by atoms with Gasteiger partial charge in [-0.05, 0) is 44.0 Å². The van der Waals surface area contributed by atoms with Crippen molar-refractivity contribution in [2.75, 3.05) is 34.3 Å². The first-order chi connectivity index (χ1) is 14.2. The number of nitrogens with zero attached hydrogens (tertiary/aromatic N) is 3. The van der Waals surface area contributed by atoms with Gasteiger partial charge < -0.3 is 15.0 Å². The molecule has 0 spiro atoms. The Balaban J connectivity index is 1.69. The molecule has 2 fully saturated rings. The third kappa shape index (κ3) is 3.95. The van der Waals surface area contributed by atoms with Crippen molar-refractivity contribution in [3.05, 3.63) is 29.8 Å². The van der Waals surface area contributed by atoms with Crippen LogP contribution >= 0.6 is 0 Å². The molecule has 1 aromatic carbocycles. The number of carbonyl (C=O) groups is 4. The first-order valence-electron chi connectivity index (χ1n) is 9.73. The van der Waals surface area contributed by atoms with E-state index in [0.717, 1.165) is 6.42 Å². The van der Waals surface area contributed by atoms with Crippen molar-refractivity contribution in [2.24, 2.45) is 0 Å². The second-order valence-corrected chi connectivity index (χ2v) is 7.82. The van der Waals surface area contributed by atoms with E-state index in [1.165, 1.54) is 12.0 Å². The molecule has 2 N–H and O–H groups in total. The molecule has 10 heteroatoms. The zero-order valence-electron chi connectivity index (χ0n) is 17.6. The van der Waals surface area contributed by atoms with Gasteiger partial charge in [0, 0.05) is 14.1 Å². The smallest absolute Gasteiger partial charge is 0.344 e. The van der Waals surface area contributed by atoms with E-state index in [4.69, 9.17) is 4.74 Å². The Morgan fingerprint density at radius 1 is 1.33 bits per heavy atom. The van der Waals surface area contributed by atoms with E-state index in [0.29, 0.717) is 29.3 Å². The fourth-order valence-corrected chi connectivity index (χ4v) is 3.81. The number of imide groups is 1. The number of carbonyl (C=O) groups excluding carboxylic acids is 4. The second kappa shape index (κ2) is 8.31. The molecule has 2 atom stereocenters. The number of ether oxygens (including phenoxy) is 1. The third-order valence-electron chi connectivity index (χ3n) is 5.51. The first kappa shape index (κ1) is 21.6. The van der Waals surface area contributed by atoms with Crippen molar-refractivity contribution in [3.8, 4) is 5.75 Å². The number of nitrogens with one attached hydrogen (secondary N) is 2. The van der Waals surface area contributed by atoms with E-state index >= 15 is 0 Å². The number of benzene rings is 1. The third-order valence-corrected chi connectivity index (χ3v) is 5.51.